The number of nitrogens with zero attached hydrogens (tertiary/aromatic N) is 1. The van der Waals surface area contributed by atoms with Crippen LogP contribution in [0.4, 0.5) is 10.1 Å². The summed E-state index contributed by atoms with van der Waals surface area (Å²) in [6.45, 7) is 6.21. The van der Waals surface area contributed by atoms with E-state index in [2.05, 4.69) is 42.0 Å². The van der Waals surface area contributed by atoms with Crippen LogP contribution in [0, 0.1) is 17.2 Å². The van der Waals surface area contributed by atoms with Gasteiger partial charge < -0.3 is 10.1 Å². The second-order valence-electron chi connectivity index (χ2n) is 9.46. The van der Waals surface area contributed by atoms with Crippen LogP contribution >= 0.6 is 15.9 Å². The summed E-state index contributed by atoms with van der Waals surface area (Å²) in [5, 5.41) is 3.18. The number of rotatable bonds is 6. The lowest BCUT2D eigenvalue weighted by Gasteiger charge is -2.37. The first-order valence-corrected chi connectivity index (χ1v) is 12.3. The van der Waals surface area contributed by atoms with E-state index < -0.39 is 24.3 Å². The second-order valence-corrected chi connectivity index (χ2v) is 10.4. The summed E-state index contributed by atoms with van der Waals surface area (Å²) in [5.41, 5.74) is 3.23. The Morgan fingerprint density at radius 2 is 2.00 bits per heavy atom. The quantitative estimate of drug-likeness (QED) is 0.373. The van der Waals surface area contributed by atoms with E-state index >= 15 is 0 Å². The van der Waals surface area contributed by atoms with E-state index in [1.54, 1.807) is 6.07 Å². The minimum Gasteiger partial charge on any atom is -0.452 e. The molecule has 1 unspecified atom stereocenters. The fourth-order valence-electron chi connectivity index (χ4n) is 4.56. The van der Waals surface area contributed by atoms with Gasteiger partial charge in [0.25, 0.3) is 5.91 Å². The molecule has 1 aliphatic rings. The number of halogens is 2. The van der Waals surface area contributed by atoms with Crippen molar-refractivity contribution in [2.75, 3.05) is 11.9 Å². The van der Waals surface area contributed by atoms with E-state index in [9.17, 15) is 14.0 Å². The molecule has 3 aromatic rings. The second kappa shape index (κ2) is 9.82. The molecule has 0 saturated heterocycles. The number of anilines is 1. The highest BCUT2D eigenvalue weighted by Gasteiger charge is 2.34. The smallest absolute Gasteiger partial charge is 0.339 e. The maximum atomic E-state index is 14.0. The van der Waals surface area contributed by atoms with Gasteiger partial charge >= 0.3 is 5.97 Å². The molecule has 0 aliphatic heterocycles. The van der Waals surface area contributed by atoms with Crippen LogP contribution in [-0.4, -0.2) is 23.5 Å². The van der Waals surface area contributed by atoms with E-state index in [1.165, 1.54) is 12.1 Å². The SMILES string of the molecule is CCC(C)(C)C1CCc2nc3ccccc3c(C(=O)OCC(=O)Nc3ccc(Br)cc3F)c2C1. The number of hydrogen-bond acceptors (Lipinski definition) is 4. The van der Waals surface area contributed by atoms with Gasteiger partial charge in [-0.2, -0.15) is 0 Å². The van der Waals surface area contributed by atoms with Crippen molar-refractivity contribution >= 4 is 44.4 Å². The molecule has 1 atom stereocenters. The Hall–Kier alpha value is -2.80. The number of para-hydroxylation sites is 1. The first-order chi connectivity index (χ1) is 16.2. The summed E-state index contributed by atoms with van der Waals surface area (Å²) in [7, 11) is 0. The van der Waals surface area contributed by atoms with Gasteiger partial charge in [-0.1, -0.05) is 61.3 Å². The van der Waals surface area contributed by atoms with Crippen molar-refractivity contribution in [2.45, 2.75) is 46.5 Å². The number of hydrogen-bond donors (Lipinski definition) is 1. The molecule has 34 heavy (non-hydrogen) atoms. The number of carbonyl (C=O) groups is 2. The molecule has 1 aromatic heterocycles. The third kappa shape index (κ3) is 4.99. The third-order valence-electron chi connectivity index (χ3n) is 7.02. The predicted molar refractivity (Wildman–Crippen MR) is 134 cm³/mol. The zero-order chi connectivity index (χ0) is 24.5. The number of nitrogens with one attached hydrogen (secondary N) is 1. The minimum atomic E-state index is -0.605. The number of pyridine rings is 1. The number of benzene rings is 2. The zero-order valence-electron chi connectivity index (χ0n) is 19.6. The zero-order valence-corrected chi connectivity index (χ0v) is 21.2. The van der Waals surface area contributed by atoms with Gasteiger partial charge in [0, 0.05) is 15.6 Å². The van der Waals surface area contributed by atoms with E-state index in [-0.39, 0.29) is 11.1 Å². The highest BCUT2D eigenvalue weighted by atomic mass is 79.9. The maximum Gasteiger partial charge on any atom is 0.339 e. The fourth-order valence-corrected chi connectivity index (χ4v) is 4.89. The minimum absolute atomic E-state index is 0.0284. The molecule has 2 aromatic carbocycles. The van der Waals surface area contributed by atoms with Gasteiger partial charge in [-0.05, 0) is 60.4 Å². The van der Waals surface area contributed by atoms with Crippen LogP contribution in [0.3, 0.4) is 0 Å². The highest BCUT2D eigenvalue weighted by molar-refractivity contribution is 9.10. The Labute approximate surface area is 207 Å². The predicted octanol–water partition coefficient (Wildman–Crippen LogP) is 6.47. The van der Waals surface area contributed by atoms with Gasteiger partial charge in [0.15, 0.2) is 6.61 Å². The van der Waals surface area contributed by atoms with Crippen molar-refractivity contribution in [1.29, 1.82) is 0 Å². The van der Waals surface area contributed by atoms with Crippen molar-refractivity contribution in [3.63, 3.8) is 0 Å². The van der Waals surface area contributed by atoms with Crippen molar-refractivity contribution in [3.8, 4) is 0 Å². The number of aryl methyl sites for hydroxylation is 1. The van der Waals surface area contributed by atoms with Gasteiger partial charge in [0.05, 0.1) is 16.8 Å². The molecule has 1 heterocycles. The number of amides is 1. The van der Waals surface area contributed by atoms with E-state index in [1.807, 2.05) is 24.3 Å². The van der Waals surface area contributed by atoms with Crippen LogP contribution in [-0.2, 0) is 22.4 Å². The number of aromatic nitrogens is 1. The van der Waals surface area contributed by atoms with E-state index in [0.29, 0.717) is 16.0 Å². The van der Waals surface area contributed by atoms with Crippen LogP contribution in [0.1, 0.15) is 55.2 Å². The summed E-state index contributed by atoms with van der Waals surface area (Å²) in [5.74, 6) is -1.32. The van der Waals surface area contributed by atoms with Crippen molar-refractivity contribution in [3.05, 3.63) is 69.6 Å². The third-order valence-corrected chi connectivity index (χ3v) is 7.51. The average molecular weight is 527 g/mol. The Kier molecular flexibility index (Phi) is 7.03. The normalized spacial score (nSPS) is 15.6. The number of esters is 1. The first kappa shape index (κ1) is 24.3. The molecule has 0 spiro atoms. The molecular weight excluding hydrogens is 499 g/mol. The first-order valence-electron chi connectivity index (χ1n) is 11.5. The lowest BCUT2D eigenvalue weighted by Crippen LogP contribution is -2.31. The van der Waals surface area contributed by atoms with Crippen LogP contribution in [0.15, 0.2) is 46.9 Å². The molecule has 0 bridgehead atoms. The Morgan fingerprint density at radius 3 is 2.74 bits per heavy atom. The molecule has 1 amide bonds. The molecule has 7 heteroatoms. The molecule has 0 fully saturated rings. The van der Waals surface area contributed by atoms with Crippen LogP contribution in [0.25, 0.3) is 10.9 Å². The summed E-state index contributed by atoms with van der Waals surface area (Å²) < 4.78 is 20.0. The van der Waals surface area contributed by atoms with Gasteiger partial charge in [0.1, 0.15) is 5.82 Å². The standard InChI is InChI=1S/C27H28BrFN2O3/c1-4-27(2,3)16-9-11-22-19(13-16)25(18-7-5-6-8-21(18)30-22)26(33)34-15-24(32)31-23-12-10-17(28)14-20(23)29/h5-8,10,12,14,16H,4,9,11,13,15H2,1-3H3,(H,31,32). The monoisotopic (exact) mass is 526 g/mol. The van der Waals surface area contributed by atoms with Crippen molar-refractivity contribution < 1.29 is 18.7 Å². The highest BCUT2D eigenvalue weighted by Crippen LogP contribution is 2.41. The molecule has 5 nitrogen and oxygen atoms in total. The van der Waals surface area contributed by atoms with Gasteiger partial charge in [-0.15, -0.1) is 0 Å². The van der Waals surface area contributed by atoms with E-state index in [0.717, 1.165) is 47.8 Å². The molecule has 4 rings (SSSR count). The lowest BCUT2D eigenvalue weighted by molar-refractivity contribution is -0.119. The summed E-state index contributed by atoms with van der Waals surface area (Å²) in [6.07, 6.45) is 3.61. The van der Waals surface area contributed by atoms with Crippen LogP contribution in [0.2, 0.25) is 0 Å². The summed E-state index contributed by atoms with van der Waals surface area (Å²) in [4.78, 5) is 30.5. The molecule has 1 N–H and O–H groups in total. The lowest BCUT2D eigenvalue weighted by atomic mass is 9.68. The average Bonchev–Trinajstić information content (AvgIpc) is 2.82. The molecule has 178 valence electrons. The Bertz CT molecular complexity index is 1260. The van der Waals surface area contributed by atoms with Crippen LogP contribution in [0.5, 0.6) is 0 Å². The van der Waals surface area contributed by atoms with Crippen molar-refractivity contribution in [1.82, 2.24) is 4.98 Å². The Balaban J connectivity index is 1.59. The largest absolute Gasteiger partial charge is 0.452 e. The molecule has 0 radical (unpaired) electrons. The Morgan fingerprint density at radius 1 is 1.24 bits per heavy atom. The van der Waals surface area contributed by atoms with Gasteiger partial charge in [-0.3, -0.25) is 9.78 Å². The van der Waals surface area contributed by atoms with Gasteiger partial charge in [0.2, 0.25) is 0 Å². The molecule has 0 saturated carbocycles. The number of carbonyl (C=O) groups excluding carboxylic acids is 2. The summed E-state index contributed by atoms with van der Waals surface area (Å²) >= 11 is 3.18. The maximum absolute atomic E-state index is 14.0. The number of ether oxygens (including phenoxy) is 1. The van der Waals surface area contributed by atoms with Crippen LogP contribution < -0.4 is 5.32 Å². The molecule has 1 aliphatic carbocycles. The fraction of sp³-hybridized carbons (Fsp3) is 0.370. The van der Waals surface area contributed by atoms with Crippen molar-refractivity contribution in [2.24, 2.45) is 11.3 Å². The van der Waals surface area contributed by atoms with E-state index in [4.69, 9.17) is 9.72 Å². The summed E-state index contributed by atoms with van der Waals surface area (Å²) in [6, 6.07) is 11.8. The topological polar surface area (TPSA) is 68.3 Å². The molecular formula is C27H28BrFN2O3. The van der Waals surface area contributed by atoms with Gasteiger partial charge in [-0.25, -0.2) is 9.18 Å². The number of fused-ring (bicyclic) bond motifs is 2.